The van der Waals surface area contributed by atoms with E-state index in [9.17, 15) is 14.4 Å². The van der Waals surface area contributed by atoms with Crippen molar-refractivity contribution in [2.24, 2.45) is 17.1 Å². The van der Waals surface area contributed by atoms with Gasteiger partial charge in [-0.3, -0.25) is 14.4 Å². The largest absolute Gasteiger partial charge is 0.366 e. The highest BCUT2D eigenvalue weighted by Gasteiger charge is 2.53. The van der Waals surface area contributed by atoms with Crippen molar-refractivity contribution < 1.29 is 19.1 Å². The molecule has 2 aromatic rings. The van der Waals surface area contributed by atoms with Crippen LogP contribution < -0.4 is 5.73 Å². The minimum Gasteiger partial charge on any atom is -0.366 e. The van der Waals surface area contributed by atoms with E-state index in [0.717, 1.165) is 36.6 Å². The van der Waals surface area contributed by atoms with Gasteiger partial charge in [0, 0.05) is 29.2 Å². The van der Waals surface area contributed by atoms with Crippen molar-refractivity contribution in [3.8, 4) is 0 Å². The topological polar surface area (TPSA) is 94.6 Å². The number of halogens is 1. The first-order chi connectivity index (χ1) is 15.7. The summed E-state index contributed by atoms with van der Waals surface area (Å²) in [5.41, 5.74) is 7.02. The lowest BCUT2D eigenvalue weighted by Crippen LogP contribution is -2.47. The molecule has 2 N–H and O–H groups in total. The molecule has 0 radical (unpaired) electrons. The SMILES string of the molecule is CC1(C)CCC([C@@H](C(=O)N2C[C@H](Cl)[C@H]3OCC(=O)[C@H]32)n2ccc3cc(C(N)=O)ccc32)CC1. The van der Waals surface area contributed by atoms with E-state index in [1.54, 1.807) is 17.0 Å². The first-order valence-corrected chi connectivity index (χ1v) is 12.1. The molecule has 0 spiro atoms. The molecular formula is C25H30ClN3O4. The van der Waals surface area contributed by atoms with Gasteiger partial charge in [-0.05, 0) is 61.3 Å². The average molecular weight is 472 g/mol. The summed E-state index contributed by atoms with van der Waals surface area (Å²) < 4.78 is 7.62. The predicted octanol–water partition coefficient (Wildman–Crippen LogP) is 3.28. The fraction of sp³-hybridized carbons (Fsp3) is 0.560. The minimum atomic E-state index is -0.606. The number of primary amides is 1. The smallest absolute Gasteiger partial charge is 0.248 e. The number of amides is 2. The number of ether oxygens (including phenoxy) is 1. The van der Waals surface area contributed by atoms with E-state index in [1.807, 2.05) is 22.9 Å². The molecule has 33 heavy (non-hydrogen) atoms. The molecule has 176 valence electrons. The summed E-state index contributed by atoms with van der Waals surface area (Å²) in [5, 5.41) is 0.464. The van der Waals surface area contributed by atoms with E-state index in [-0.39, 0.29) is 29.6 Å². The number of likely N-dealkylation sites (tertiary alicyclic amines) is 1. The number of alkyl halides is 1. The zero-order chi connectivity index (χ0) is 23.5. The fourth-order valence-corrected chi connectivity index (χ4v) is 6.20. The van der Waals surface area contributed by atoms with Crippen LogP contribution in [0.5, 0.6) is 0 Å². The summed E-state index contributed by atoms with van der Waals surface area (Å²) in [6, 6.07) is 6.16. The van der Waals surface area contributed by atoms with Gasteiger partial charge in [0.15, 0.2) is 5.78 Å². The van der Waals surface area contributed by atoms with Crippen molar-refractivity contribution >= 4 is 40.1 Å². The lowest BCUT2D eigenvalue weighted by molar-refractivity contribution is -0.141. The van der Waals surface area contributed by atoms with Crippen molar-refractivity contribution in [3.05, 3.63) is 36.0 Å². The molecule has 2 aliphatic heterocycles. The average Bonchev–Trinajstić information content (AvgIpc) is 3.45. The number of hydrogen-bond acceptors (Lipinski definition) is 4. The van der Waals surface area contributed by atoms with Gasteiger partial charge in [0.25, 0.3) is 0 Å². The van der Waals surface area contributed by atoms with Crippen molar-refractivity contribution in [1.82, 2.24) is 9.47 Å². The Labute approximate surface area is 198 Å². The lowest BCUT2D eigenvalue weighted by atomic mass is 9.71. The number of nitrogens with two attached hydrogens (primary N) is 1. The van der Waals surface area contributed by atoms with E-state index in [2.05, 4.69) is 13.8 Å². The van der Waals surface area contributed by atoms with Crippen LogP contribution in [0.4, 0.5) is 0 Å². The highest BCUT2D eigenvalue weighted by molar-refractivity contribution is 6.22. The minimum absolute atomic E-state index is 0.00691. The van der Waals surface area contributed by atoms with Crippen molar-refractivity contribution in [3.63, 3.8) is 0 Å². The summed E-state index contributed by atoms with van der Waals surface area (Å²) in [5.74, 6) is -0.498. The van der Waals surface area contributed by atoms with E-state index in [0.29, 0.717) is 12.1 Å². The van der Waals surface area contributed by atoms with Crippen LogP contribution in [0.1, 0.15) is 55.9 Å². The van der Waals surface area contributed by atoms with Crippen LogP contribution in [0.2, 0.25) is 0 Å². The zero-order valence-electron chi connectivity index (χ0n) is 19.0. The van der Waals surface area contributed by atoms with Gasteiger partial charge in [-0.1, -0.05) is 13.8 Å². The number of benzene rings is 1. The van der Waals surface area contributed by atoms with Gasteiger partial charge in [-0.15, -0.1) is 11.6 Å². The van der Waals surface area contributed by atoms with Crippen molar-refractivity contribution in [2.75, 3.05) is 13.2 Å². The summed E-state index contributed by atoms with van der Waals surface area (Å²) in [7, 11) is 0. The van der Waals surface area contributed by atoms with E-state index in [1.165, 1.54) is 0 Å². The van der Waals surface area contributed by atoms with Crippen LogP contribution >= 0.6 is 11.6 Å². The van der Waals surface area contributed by atoms with Crippen LogP contribution in [0, 0.1) is 11.3 Å². The highest BCUT2D eigenvalue weighted by Crippen LogP contribution is 2.44. The van der Waals surface area contributed by atoms with Crippen LogP contribution in [0.15, 0.2) is 30.5 Å². The number of hydrogen-bond donors (Lipinski definition) is 1. The van der Waals surface area contributed by atoms with Gasteiger partial charge in [-0.25, -0.2) is 0 Å². The lowest BCUT2D eigenvalue weighted by Gasteiger charge is -2.39. The Morgan fingerprint density at radius 2 is 1.94 bits per heavy atom. The molecule has 5 rings (SSSR count). The van der Waals surface area contributed by atoms with Gasteiger partial charge >= 0.3 is 0 Å². The Hall–Kier alpha value is -2.38. The van der Waals surface area contributed by atoms with Gasteiger partial charge < -0.3 is 19.9 Å². The first-order valence-electron chi connectivity index (χ1n) is 11.7. The predicted molar refractivity (Wildman–Crippen MR) is 125 cm³/mol. The number of ketones is 1. The molecule has 1 saturated carbocycles. The fourth-order valence-electron chi connectivity index (χ4n) is 5.84. The number of rotatable bonds is 4. The molecule has 0 unspecified atom stereocenters. The third-order valence-corrected chi connectivity index (χ3v) is 8.18. The number of carbonyl (C=O) groups is 3. The number of nitrogens with zero attached hydrogens (tertiary/aromatic N) is 2. The molecular weight excluding hydrogens is 442 g/mol. The van der Waals surface area contributed by atoms with E-state index < -0.39 is 29.5 Å². The Balaban J connectivity index is 1.54. The van der Waals surface area contributed by atoms with Gasteiger partial charge in [0.1, 0.15) is 24.8 Å². The summed E-state index contributed by atoms with van der Waals surface area (Å²) in [6.45, 7) is 4.86. The number of aromatic nitrogens is 1. The molecule has 4 atom stereocenters. The highest BCUT2D eigenvalue weighted by atomic mass is 35.5. The van der Waals surface area contributed by atoms with E-state index >= 15 is 0 Å². The molecule has 0 bridgehead atoms. The number of Topliss-reactive ketones (excluding diaryl/α,β-unsaturated/α-hetero) is 1. The van der Waals surface area contributed by atoms with Gasteiger partial charge in [0.2, 0.25) is 11.8 Å². The van der Waals surface area contributed by atoms with Crippen LogP contribution in [0.3, 0.4) is 0 Å². The Morgan fingerprint density at radius 1 is 1.21 bits per heavy atom. The second-order valence-electron chi connectivity index (χ2n) is 10.5. The molecule has 2 amide bonds. The third-order valence-electron chi connectivity index (χ3n) is 7.79. The zero-order valence-corrected chi connectivity index (χ0v) is 19.8. The second kappa shape index (κ2) is 8.13. The molecule has 3 aliphatic rings. The first kappa shape index (κ1) is 22.4. The molecule has 2 saturated heterocycles. The van der Waals surface area contributed by atoms with Crippen LogP contribution in [-0.4, -0.2) is 57.7 Å². The maximum Gasteiger partial charge on any atom is 0.248 e. The normalized spacial score (nSPS) is 28.3. The molecule has 1 aromatic heterocycles. The maximum absolute atomic E-state index is 14.1. The number of carbonyl (C=O) groups excluding carboxylic acids is 3. The monoisotopic (exact) mass is 471 g/mol. The molecule has 8 heteroatoms. The summed E-state index contributed by atoms with van der Waals surface area (Å²) in [6.07, 6.45) is 5.42. The van der Waals surface area contributed by atoms with Gasteiger partial charge in [0.05, 0.1) is 5.38 Å². The maximum atomic E-state index is 14.1. The molecule has 1 aliphatic carbocycles. The van der Waals surface area contributed by atoms with Crippen LogP contribution in [-0.2, 0) is 14.3 Å². The second-order valence-corrected chi connectivity index (χ2v) is 11.1. The molecule has 3 heterocycles. The standard InChI is InChI=1S/C25H30ClN3O4/c1-25(2)8-5-14(6-9-25)20(24(32)29-12-17(26)22-21(29)19(30)13-33-22)28-10-7-15-11-16(23(27)31)3-4-18(15)28/h3-4,7,10-11,14,17,20-22H,5-6,8-9,12-13H2,1-2H3,(H2,27,31)/t17-,20-,21+,22+/m0/s1. The third kappa shape index (κ3) is 3.85. The molecule has 1 aromatic carbocycles. The Bertz CT molecular complexity index is 1120. The summed E-state index contributed by atoms with van der Waals surface area (Å²) >= 11 is 6.49. The Morgan fingerprint density at radius 3 is 2.64 bits per heavy atom. The quantitative estimate of drug-likeness (QED) is 0.692. The molecule has 7 nitrogen and oxygen atoms in total. The molecule has 3 fully saturated rings. The van der Waals surface area contributed by atoms with Crippen molar-refractivity contribution in [2.45, 2.75) is 63.1 Å². The van der Waals surface area contributed by atoms with Crippen molar-refractivity contribution in [1.29, 1.82) is 0 Å². The van der Waals surface area contributed by atoms with Crippen LogP contribution in [0.25, 0.3) is 10.9 Å². The number of fused-ring (bicyclic) bond motifs is 2. The van der Waals surface area contributed by atoms with Gasteiger partial charge in [-0.2, -0.15) is 0 Å². The summed E-state index contributed by atoms with van der Waals surface area (Å²) in [4.78, 5) is 40.0. The Kier molecular flexibility index (Phi) is 5.52. The van der Waals surface area contributed by atoms with E-state index in [4.69, 9.17) is 22.1 Å².